The molecule has 0 aromatic heterocycles. The molecule has 1 saturated heterocycles. The van der Waals surface area contributed by atoms with Crippen LogP contribution in [0.4, 0.5) is 0 Å². The Morgan fingerprint density at radius 3 is 2.55 bits per heavy atom. The summed E-state index contributed by atoms with van der Waals surface area (Å²) < 4.78 is 0.884. The summed E-state index contributed by atoms with van der Waals surface area (Å²) >= 11 is 3.31. The Morgan fingerprint density at radius 1 is 1.32 bits per heavy atom. The summed E-state index contributed by atoms with van der Waals surface area (Å²) in [7, 11) is 0. The van der Waals surface area contributed by atoms with Gasteiger partial charge in [0.05, 0.1) is 0 Å². The second-order valence-corrected chi connectivity index (χ2v) is 6.48. The largest absolute Gasteiger partial charge is 0.480 e. The number of halogens is 1. The van der Waals surface area contributed by atoms with Crippen molar-refractivity contribution in [3.05, 3.63) is 34.3 Å². The SMILES string of the molecule is C[C@@H](CC(=O)c1ccc(Br)cc1)C(=O)N1CCC[C@H]1C(=O)O. The number of carboxylic acids is 1. The van der Waals surface area contributed by atoms with Gasteiger partial charge in [-0.2, -0.15) is 0 Å². The molecular formula is C16H18BrNO4. The number of hydrogen-bond acceptors (Lipinski definition) is 3. The highest BCUT2D eigenvalue weighted by Gasteiger charge is 2.36. The van der Waals surface area contributed by atoms with Crippen molar-refractivity contribution in [1.82, 2.24) is 4.90 Å². The van der Waals surface area contributed by atoms with Gasteiger partial charge < -0.3 is 10.0 Å². The molecule has 1 aliphatic rings. The molecule has 1 amide bonds. The maximum Gasteiger partial charge on any atom is 0.326 e. The zero-order chi connectivity index (χ0) is 16.3. The number of carbonyl (C=O) groups is 3. The maximum atomic E-state index is 12.4. The third-order valence-electron chi connectivity index (χ3n) is 3.90. The second kappa shape index (κ2) is 7.05. The van der Waals surface area contributed by atoms with Crippen LogP contribution >= 0.6 is 15.9 Å². The third kappa shape index (κ3) is 3.74. The molecule has 2 rings (SSSR count). The summed E-state index contributed by atoms with van der Waals surface area (Å²) in [4.78, 5) is 37.1. The van der Waals surface area contributed by atoms with Gasteiger partial charge in [0, 0.05) is 28.9 Å². The van der Waals surface area contributed by atoms with Gasteiger partial charge in [0.2, 0.25) is 5.91 Å². The average molecular weight is 368 g/mol. The first-order chi connectivity index (χ1) is 10.4. The summed E-state index contributed by atoms with van der Waals surface area (Å²) in [6.07, 6.45) is 1.26. The number of rotatable bonds is 5. The number of carbonyl (C=O) groups excluding carboxylic acids is 2. The number of benzene rings is 1. The molecule has 0 radical (unpaired) electrons. The Bertz CT molecular complexity index is 584. The van der Waals surface area contributed by atoms with E-state index in [1.54, 1.807) is 31.2 Å². The van der Waals surface area contributed by atoms with Gasteiger partial charge in [-0.05, 0) is 25.0 Å². The highest BCUT2D eigenvalue weighted by atomic mass is 79.9. The molecule has 1 aromatic carbocycles. The van der Waals surface area contributed by atoms with Crippen LogP contribution in [-0.2, 0) is 9.59 Å². The molecule has 22 heavy (non-hydrogen) atoms. The number of hydrogen-bond donors (Lipinski definition) is 1. The number of amides is 1. The van der Waals surface area contributed by atoms with Crippen LogP contribution < -0.4 is 0 Å². The minimum atomic E-state index is -0.975. The molecule has 6 heteroatoms. The van der Waals surface area contributed by atoms with E-state index in [9.17, 15) is 14.4 Å². The zero-order valence-electron chi connectivity index (χ0n) is 12.3. The van der Waals surface area contributed by atoms with Crippen LogP contribution in [0, 0.1) is 5.92 Å². The Hall–Kier alpha value is -1.69. The number of ketones is 1. The minimum Gasteiger partial charge on any atom is -0.480 e. The molecule has 118 valence electrons. The predicted molar refractivity (Wildman–Crippen MR) is 84.6 cm³/mol. The van der Waals surface area contributed by atoms with Gasteiger partial charge in [0.1, 0.15) is 6.04 Å². The number of carboxylic acid groups (broad SMARTS) is 1. The van der Waals surface area contributed by atoms with Crippen molar-refractivity contribution in [2.45, 2.75) is 32.2 Å². The van der Waals surface area contributed by atoms with Crippen LogP contribution in [0.1, 0.15) is 36.5 Å². The van der Waals surface area contributed by atoms with Gasteiger partial charge in [-0.3, -0.25) is 9.59 Å². The molecular weight excluding hydrogens is 350 g/mol. The lowest BCUT2D eigenvalue weighted by Gasteiger charge is -2.24. The van der Waals surface area contributed by atoms with E-state index in [-0.39, 0.29) is 18.1 Å². The maximum absolute atomic E-state index is 12.4. The normalized spacial score (nSPS) is 19.0. The fraction of sp³-hybridized carbons (Fsp3) is 0.438. The minimum absolute atomic E-state index is 0.0866. The van der Waals surface area contributed by atoms with Gasteiger partial charge in [0.15, 0.2) is 5.78 Å². The van der Waals surface area contributed by atoms with Gasteiger partial charge >= 0.3 is 5.97 Å². The molecule has 1 aliphatic heterocycles. The van der Waals surface area contributed by atoms with E-state index in [0.29, 0.717) is 24.9 Å². The van der Waals surface area contributed by atoms with Crippen LogP contribution in [0.5, 0.6) is 0 Å². The van der Waals surface area contributed by atoms with Crippen molar-refractivity contribution < 1.29 is 19.5 Å². The van der Waals surface area contributed by atoms with Crippen molar-refractivity contribution in [3.63, 3.8) is 0 Å². The molecule has 2 atom stereocenters. The van der Waals surface area contributed by atoms with Crippen LogP contribution in [0.25, 0.3) is 0 Å². The fourth-order valence-electron chi connectivity index (χ4n) is 2.69. The van der Waals surface area contributed by atoms with Gasteiger partial charge in [-0.15, -0.1) is 0 Å². The Kier molecular flexibility index (Phi) is 5.34. The van der Waals surface area contributed by atoms with Crippen LogP contribution in [-0.4, -0.2) is 40.3 Å². The molecule has 0 unspecified atom stereocenters. The van der Waals surface area contributed by atoms with E-state index in [4.69, 9.17) is 5.11 Å². The first-order valence-corrected chi connectivity index (χ1v) is 8.01. The average Bonchev–Trinajstić information content (AvgIpc) is 2.96. The van der Waals surface area contributed by atoms with E-state index >= 15 is 0 Å². The van der Waals surface area contributed by atoms with Crippen LogP contribution in [0.3, 0.4) is 0 Å². The van der Waals surface area contributed by atoms with Crippen LogP contribution in [0.15, 0.2) is 28.7 Å². The molecule has 0 saturated carbocycles. The van der Waals surface area contributed by atoms with E-state index in [2.05, 4.69) is 15.9 Å². The third-order valence-corrected chi connectivity index (χ3v) is 4.43. The Labute approximate surface area is 137 Å². The van der Waals surface area contributed by atoms with E-state index in [1.165, 1.54) is 4.90 Å². The number of likely N-dealkylation sites (tertiary alicyclic amines) is 1. The molecule has 0 aliphatic carbocycles. The Morgan fingerprint density at radius 2 is 1.95 bits per heavy atom. The summed E-state index contributed by atoms with van der Waals surface area (Å²) in [5, 5.41) is 9.13. The molecule has 1 N–H and O–H groups in total. The lowest BCUT2D eigenvalue weighted by atomic mass is 9.98. The molecule has 1 aromatic rings. The Balaban J connectivity index is 2.00. The van der Waals surface area contributed by atoms with Crippen molar-refractivity contribution in [3.8, 4) is 0 Å². The molecule has 0 spiro atoms. The smallest absolute Gasteiger partial charge is 0.326 e. The number of nitrogens with zero attached hydrogens (tertiary/aromatic N) is 1. The zero-order valence-corrected chi connectivity index (χ0v) is 13.9. The topological polar surface area (TPSA) is 74.7 Å². The standard InChI is InChI=1S/C16H18BrNO4/c1-10(9-14(19)11-4-6-12(17)7-5-11)15(20)18-8-2-3-13(18)16(21)22/h4-7,10,13H,2-3,8-9H2,1H3,(H,21,22)/t10-,13-/m0/s1. The molecule has 0 bridgehead atoms. The van der Waals surface area contributed by atoms with Gasteiger partial charge in [-0.25, -0.2) is 4.79 Å². The summed E-state index contributed by atoms with van der Waals surface area (Å²) in [6.45, 7) is 2.13. The summed E-state index contributed by atoms with van der Waals surface area (Å²) in [5.41, 5.74) is 0.555. The van der Waals surface area contributed by atoms with Gasteiger partial charge in [0.25, 0.3) is 0 Å². The highest BCUT2D eigenvalue weighted by Crippen LogP contribution is 2.22. The van der Waals surface area contributed by atoms with Crippen molar-refractivity contribution in [1.29, 1.82) is 0 Å². The van der Waals surface area contributed by atoms with Crippen molar-refractivity contribution >= 4 is 33.6 Å². The summed E-state index contributed by atoms with van der Waals surface area (Å²) in [6, 6.07) is 6.22. The predicted octanol–water partition coefficient (Wildman–Crippen LogP) is 2.73. The number of Topliss-reactive ketones (excluding diaryl/α,β-unsaturated/α-hetero) is 1. The lowest BCUT2D eigenvalue weighted by molar-refractivity contribution is -0.149. The van der Waals surface area contributed by atoms with Crippen molar-refractivity contribution in [2.75, 3.05) is 6.54 Å². The monoisotopic (exact) mass is 367 g/mol. The molecule has 5 nitrogen and oxygen atoms in total. The highest BCUT2D eigenvalue weighted by molar-refractivity contribution is 9.10. The quantitative estimate of drug-likeness (QED) is 0.811. The second-order valence-electron chi connectivity index (χ2n) is 5.56. The lowest BCUT2D eigenvalue weighted by Crippen LogP contribution is -2.43. The van der Waals surface area contributed by atoms with Crippen molar-refractivity contribution in [2.24, 2.45) is 5.92 Å². The first kappa shape index (κ1) is 16.7. The summed E-state index contributed by atoms with van der Waals surface area (Å²) in [5.74, 6) is -1.86. The molecule has 1 heterocycles. The fourth-order valence-corrected chi connectivity index (χ4v) is 2.95. The van der Waals surface area contributed by atoms with E-state index in [1.807, 2.05) is 0 Å². The number of aliphatic carboxylic acids is 1. The van der Waals surface area contributed by atoms with E-state index in [0.717, 1.165) is 4.47 Å². The van der Waals surface area contributed by atoms with Crippen LogP contribution in [0.2, 0.25) is 0 Å². The van der Waals surface area contributed by atoms with E-state index < -0.39 is 17.9 Å². The molecule has 1 fully saturated rings. The van der Waals surface area contributed by atoms with Gasteiger partial charge in [-0.1, -0.05) is 35.0 Å². The first-order valence-electron chi connectivity index (χ1n) is 7.22.